The number of benzene rings is 2. The van der Waals surface area contributed by atoms with Crippen molar-refractivity contribution in [3.63, 3.8) is 0 Å². The Hall–Kier alpha value is -3.72. The summed E-state index contributed by atoms with van der Waals surface area (Å²) in [5, 5.41) is 8.67. The molecule has 2 heterocycles. The molecule has 1 aliphatic heterocycles. The minimum atomic E-state index is -0.408. The van der Waals surface area contributed by atoms with Crippen LogP contribution in [0, 0.1) is 12.7 Å². The molecule has 0 saturated carbocycles. The van der Waals surface area contributed by atoms with E-state index in [1.165, 1.54) is 24.3 Å². The summed E-state index contributed by atoms with van der Waals surface area (Å²) in [6.07, 6.45) is 0. The summed E-state index contributed by atoms with van der Waals surface area (Å²) in [5.41, 5.74) is 2.83. The predicted molar refractivity (Wildman–Crippen MR) is 119 cm³/mol. The molecule has 3 aromatic rings. The van der Waals surface area contributed by atoms with Gasteiger partial charge in [-0.15, -0.1) is 0 Å². The van der Waals surface area contributed by atoms with Crippen molar-refractivity contribution >= 4 is 34.9 Å². The van der Waals surface area contributed by atoms with Crippen molar-refractivity contribution < 1.29 is 13.9 Å². The first-order chi connectivity index (χ1) is 15.0. The molecule has 1 aliphatic rings. The SMILES string of the molecule is Cc1cc(Nc2ccc(NC(=O)Nc3ccc(F)cc3)cc2)nc(N2CCOCC2)n1. The van der Waals surface area contributed by atoms with E-state index >= 15 is 0 Å². The summed E-state index contributed by atoms with van der Waals surface area (Å²) in [5.74, 6) is 1.02. The summed E-state index contributed by atoms with van der Waals surface area (Å²) < 4.78 is 18.3. The van der Waals surface area contributed by atoms with Gasteiger partial charge in [0.1, 0.15) is 11.6 Å². The van der Waals surface area contributed by atoms with Crippen molar-refractivity contribution in [1.29, 1.82) is 0 Å². The van der Waals surface area contributed by atoms with Gasteiger partial charge in [-0.05, 0) is 55.5 Å². The van der Waals surface area contributed by atoms with Crippen molar-refractivity contribution in [2.24, 2.45) is 0 Å². The van der Waals surface area contributed by atoms with Gasteiger partial charge < -0.3 is 25.6 Å². The van der Waals surface area contributed by atoms with Crippen molar-refractivity contribution in [2.45, 2.75) is 6.92 Å². The molecule has 1 saturated heterocycles. The second kappa shape index (κ2) is 9.40. The standard InChI is InChI=1S/C22H23FN6O2/c1-15-14-20(28-21(24-15)29-10-12-31-13-11-29)25-17-6-8-19(9-7-17)27-22(30)26-18-4-2-16(23)3-5-18/h2-9,14H,10-13H2,1H3,(H,24,25,28)(H2,26,27,30). The Kier molecular flexibility index (Phi) is 6.23. The maximum Gasteiger partial charge on any atom is 0.323 e. The van der Waals surface area contributed by atoms with Crippen LogP contribution < -0.4 is 20.9 Å². The Bertz CT molecular complexity index is 1040. The molecule has 1 fully saturated rings. The molecule has 4 rings (SSSR count). The van der Waals surface area contributed by atoms with E-state index < -0.39 is 6.03 Å². The largest absolute Gasteiger partial charge is 0.378 e. The molecule has 9 heteroatoms. The number of aromatic nitrogens is 2. The monoisotopic (exact) mass is 422 g/mol. The molecular formula is C22H23FN6O2. The number of urea groups is 1. The Balaban J connectivity index is 1.37. The number of nitrogens with zero attached hydrogens (tertiary/aromatic N) is 3. The van der Waals surface area contributed by atoms with Crippen LogP contribution in [-0.2, 0) is 4.74 Å². The van der Waals surface area contributed by atoms with Crippen molar-refractivity contribution in [3.05, 3.63) is 66.1 Å². The summed E-state index contributed by atoms with van der Waals surface area (Å²) >= 11 is 0. The molecule has 0 bridgehead atoms. The van der Waals surface area contributed by atoms with Gasteiger partial charge in [0.25, 0.3) is 0 Å². The van der Waals surface area contributed by atoms with Crippen LogP contribution in [0.5, 0.6) is 0 Å². The minimum absolute atomic E-state index is 0.356. The van der Waals surface area contributed by atoms with Gasteiger partial charge >= 0.3 is 6.03 Å². The molecular weight excluding hydrogens is 399 g/mol. The fraction of sp³-hybridized carbons (Fsp3) is 0.227. The Morgan fingerprint density at radius 3 is 2.16 bits per heavy atom. The zero-order valence-corrected chi connectivity index (χ0v) is 17.1. The molecule has 2 amide bonds. The van der Waals surface area contributed by atoms with Crippen LogP contribution >= 0.6 is 0 Å². The molecule has 1 aromatic heterocycles. The second-order valence-electron chi connectivity index (χ2n) is 7.08. The molecule has 0 spiro atoms. The van der Waals surface area contributed by atoms with Gasteiger partial charge in [-0.3, -0.25) is 0 Å². The smallest absolute Gasteiger partial charge is 0.323 e. The highest BCUT2D eigenvalue weighted by Crippen LogP contribution is 2.21. The van der Waals surface area contributed by atoms with Gasteiger partial charge in [0.2, 0.25) is 5.95 Å². The lowest BCUT2D eigenvalue weighted by Gasteiger charge is -2.27. The number of carbonyl (C=O) groups is 1. The van der Waals surface area contributed by atoms with Gasteiger partial charge in [-0.25, -0.2) is 14.2 Å². The molecule has 3 N–H and O–H groups in total. The topological polar surface area (TPSA) is 91.4 Å². The van der Waals surface area contributed by atoms with E-state index in [0.29, 0.717) is 36.4 Å². The lowest BCUT2D eigenvalue weighted by atomic mass is 10.2. The third-order valence-electron chi connectivity index (χ3n) is 4.65. The van der Waals surface area contributed by atoms with Gasteiger partial charge in [0.05, 0.1) is 13.2 Å². The minimum Gasteiger partial charge on any atom is -0.378 e. The molecule has 8 nitrogen and oxygen atoms in total. The quantitative estimate of drug-likeness (QED) is 0.572. The molecule has 0 aliphatic carbocycles. The maximum atomic E-state index is 13.0. The second-order valence-corrected chi connectivity index (χ2v) is 7.08. The highest BCUT2D eigenvalue weighted by molar-refractivity contribution is 5.99. The lowest BCUT2D eigenvalue weighted by molar-refractivity contribution is 0.122. The fourth-order valence-corrected chi connectivity index (χ4v) is 3.13. The van der Waals surface area contributed by atoms with Gasteiger partial charge in [-0.1, -0.05) is 0 Å². The van der Waals surface area contributed by atoms with Crippen molar-refractivity contribution in [1.82, 2.24) is 9.97 Å². The summed E-state index contributed by atoms with van der Waals surface area (Å²) in [6, 6.07) is 14.3. The van der Waals surface area contributed by atoms with Crippen molar-refractivity contribution in [2.75, 3.05) is 47.2 Å². The van der Waals surface area contributed by atoms with Crippen LogP contribution in [0.15, 0.2) is 54.6 Å². The molecule has 0 radical (unpaired) electrons. The van der Waals surface area contributed by atoms with Gasteiger partial charge in [0.15, 0.2) is 0 Å². The fourth-order valence-electron chi connectivity index (χ4n) is 3.13. The zero-order valence-electron chi connectivity index (χ0n) is 17.1. The molecule has 0 unspecified atom stereocenters. The average molecular weight is 422 g/mol. The first kappa shape index (κ1) is 20.5. The van der Waals surface area contributed by atoms with E-state index in [-0.39, 0.29) is 5.82 Å². The summed E-state index contributed by atoms with van der Waals surface area (Å²) in [4.78, 5) is 23.4. The number of anilines is 5. The van der Waals surface area contributed by atoms with E-state index in [0.717, 1.165) is 24.5 Å². The normalized spacial score (nSPS) is 13.5. The number of carbonyl (C=O) groups excluding carboxylic acids is 1. The lowest BCUT2D eigenvalue weighted by Crippen LogP contribution is -2.37. The average Bonchev–Trinajstić information content (AvgIpc) is 2.77. The Labute approximate surface area is 179 Å². The van der Waals surface area contributed by atoms with Crippen molar-refractivity contribution in [3.8, 4) is 0 Å². The van der Waals surface area contributed by atoms with Crippen LogP contribution in [0.2, 0.25) is 0 Å². The molecule has 160 valence electrons. The maximum absolute atomic E-state index is 13.0. The van der Waals surface area contributed by atoms with Crippen LogP contribution in [0.1, 0.15) is 5.69 Å². The zero-order chi connectivity index (χ0) is 21.6. The number of ether oxygens (including phenoxy) is 1. The van der Waals surface area contributed by atoms with E-state index in [4.69, 9.17) is 4.74 Å². The van der Waals surface area contributed by atoms with Crippen LogP contribution in [0.4, 0.5) is 38.0 Å². The predicted octanol–water partition coefficient (Wildman–Crippen LogP) is 4.15. The van der Waals surface area contributed by atoms with Gasteiger partial charge in [0, 0.05) is 41.9 Å². The number of nitrogens with one attached hydrogen (secondary N) is 3. The Morgan fingerprint density at radius 1 is 0.935 bits per heavy atom. The summed E-state index contributed by atoms with van der Waals surface area (Å²) in [7, 11) is 0. The number of halogens is 1. The molecule has 0 atom stereocenters. The number of morpholine rings is 1. The van der Waals surface area contributed by atoms with Crippen LogP contribution in [-0.4, -0.2) is 42.3 Å². The van der Waals surface area contributed by atoms with E-state index in [1.54, 1.807) is 12.1 Å². The third-order valence-corrected chi connectivity index (χ3v) is 4.65. The highest BCUT2D eigenvalue weighted by Gasteiger charge is 2.15. The number of rotatable bonds is 5. The summed E-state index contributed by atoms with van der Waals surface area (Å²) in [6.45, 7) is 4.81. The van der Waals surface area contributed by atoms with E-state index in [9.17, 15) is 9.18 Å². The molecule has 2 aromatic carbocycles. The van der Waals surface area contributed by atoms with Crippen LogP contribution in [0.3, 0.4) is 0 Å². The highest BCUT2D eigenvalue weighted by atomic mass is 19.1. The van der Waals surface area contributed by atoms with Crippen LogP contribution in [0.25, 0.3) is 0 Å². The molecule has 31 heavy (non-hydrogen) atoms. The van der Waals surface area contributed by atoms with E-state index in [2.05, 4.69) is 30.8 Å². The third kappa shape index (κ3) is 5.67. The number of hydrogen-bond donors (Lipinski definition) is 3. The van der Waals surface area contributed by atoms with E-state index in [1.807, 2.05) is 25.1 Å². The number of hydrogen-bond acceptors (Lipinski definition) is 6. The number of aryl methyl sites for hydroxylation is 1. The Morgan fingerprint density at radius 2 is 1.52 bits per heavy atom. The first-order valence-corrected chi connectivity index (χ1v) is 9.94. The first-order valence-electron chi connectivity index (χ1n) is 9.94. The van der Waals surface area contributed by atoms with Gasteiger partial charge in [-0.2, -0.15) is 4.98 Å². The number of amides is 2.